The molecular weight excluding hydrogens is 1770 g/mol. The number of hydrogen-bond acceptors (Lipinski definition) is 22. The number of halogens is 6. The number of hydrogen-bond donors (Lipinski definition) is 7. The molecule has 9 rings (SSSR count). The monoisotopic (exact) mass is 1880 g/mol. The first-order chi connectivity index (χ1) is 59.0. The molecule has 0 saturated carbocycles. The van der Waals surface area contributed by atoms with Crippen molar-refractivity contribution >= 4 is 123 Å². The average Bonchev–Trinajstić information content (AvgIpc) is 0.780. The molecule has 678 valence electrons. The molecule has 3 unspecified atom stereocenters. The third-order valence-electron chi connectivity index (χ3n) is 21.0. The van der Waals surface area contributed by atoms with Crippen molar-refractivity contribution in [3.63, 3.8) is 0 Å². The fraction of sp³-hybridized carbons (Fsp3) is 0.529. The minimum Gasteiger partial charge on any atom is -0.378 e. The standard InChI is InChI=1S/C85H114Cl6N10O19S3/c1-5-81(102)98-85(18-15-82(103)92-21-27-112-33-39-118-42-36-115-30-24-95-121(106,107)66-12-6-9-60(45-66)72-54-99(2)57-75-69(72)48-63(86)51-78(75)89,19-16-83(104)93-22-28-113-34-40-119-43-37-116-31-25-96-122(108,109)67-13-7-10-61(46-67)73-55-100(3)58-76-70(73)49-64(87)52-79(76)90)20-17-84(105)94-23-29-114-35-41-120-44-38-117-32-26-97-123(110,111)68-14-8-11-62(47-68)74-56-101(4)59-77-71(74)50-65(88)53-80(77)91/h6-14,45-53,72-74,95-97H,5,15-44,54-59H2,1-4H3,(H,92,103)(H,93,104)(H,94,105)(H,98,102). The lowest BCUT2D eigenvalue weighted by Gasteiger charge is -2.35. The fourth-order valence-electron chi connectivity index (χ4n) is 14.8. The van der Waals surface area contributed by atoms with Gasteiger partial charge < -0.3 is 78.6 Å². The van der Waals surface area contributed by atoms with E-state index in [0.717, 1.165) is 50.1 Å². The molecule has 0 saturated heterocycles. The number of likely N-dealkylation sites (N-methyl/N-ethyl adjacent to an activating group) is 3. The zero-order valence-electron chi connectivity index (χ0n) is 69.9. The van der Waals surface area contributed by atoms with Gasteiger partial charge >= 0.3 is 0 Å². The Labute approximate surface area is 752 Å². The molecule has 4 amide bonds. The molecule has 7 N–H and O–H groups in total. The number of sulfonamides is 3. The summed E-state index contributed by atoms with van der Waals surface area (Å²) in [6.07, 6.45) is 0.208. The van der Waals surface area contributed by atoms with Gasteiger partial charge in [0, 0.05) is 158 Å². The second-order valence-electron chi connectivity index (χ2n) is 30.3. The molecule has 0 aliphatic carbocycles. The van der Waals surface area contributed by atoms with Gasteiger partial charge in [-0.25, -0.2) is 39.4 Å². The van der Waals surface area contributed by atoms with Crippen LogP contribution in [0.2, 0.25) is 30.1 Å². The Morgan fingerprint density at radius 3 is 0.870 bits per heavy atom. The van der Waals surface area contributed by atoms with Crippen molar-refractivity contribution < 1.29 is 87.1 Å². The van der Waals surface area contributed by atoms with Crippen LogP contribution in [0.15, 0.2) is 124 Å². The zero-order chi connectivity index (χ0) is 88.4. The van der Waals surface area contributed by atoms with Gasteiger partial charge in [0.15, 0.2) is 0 Å². The molecule has 3 aliphatic heterocycles. The van der Waals surface area contributed by atoms with Crippen molar-refractivity contribution in [2.24, 2.45) is 0 Å². The molecule has 0 bridgehead atoms. The Morgan fingerprint density at radius 1 is 0.358 bits per heavy atom. The number of amides is 4. The third-order valence-corrected chi connectivity index (χ3v) is 27.0. The molecule has 38 heteroatoms. The van der Waals surface area contributed by atoms with Gasteiger partial charge in [0.2, 0.25) is 53.7 Å². The highest BCUT2D eigenvalue weighted by atomic mass is 35.5. The van der Waals surface area contributed by atoms with Crippen LogP contribution in [0.3, 0.4) is 0 Å². The summed E-state index contributed by atoms with van der Waals surface area (Å²) in [5.41, 5.74) is 7.13. The quantitative estimate of drug-likeness (QED) is 0.0175. The van der Waals surface area contributed by atoms with Crippen LogP contribution in [-0.4, -0.2) is 268 Å². The summed E-state index contributed by atoms with van der Waals surface area (Å²) in [7, 11) is -5.62. The Hall–Kier alpha value is -5.81. The predicted octanol–water partition coefficient (Wildman–Crippen LogP) is 9.68. The van der Waals surface area contributed by atoms with E-state index in [1.807, 2.05) is 57.5 Å². The largest absolute Gasteiger partial charge is 0.378 e. The summed E-state index contributed by atoms with van der Waals surface area (Å²) in [6, 6.07) is 31.4. The minimum atomic E-state index is -3.86. The molecule has 3 atom stereocenters. The number of nitrogens with one attached hydrogen (secondary N) is 7. The topological polar surface area (TPSA) is 348 Å². The number of benzene rings is 6. The van der Waals surface area contributed by atoms with Crippen molar-refractivity contribution in [3.8, 4) is 0 Å². The number of nitrogens with zero attached hydrogens (tertiary/aromatic N) is 3. The smallest absolute Gasteiger partial charge is 0.240 e. The minimum absolute atomic E-state index is 0.0364. The molecule has 3 heterocycles. The van der Waals surface area contributed by atoms with Gasteiger partial charge in [0.05, 0.1) is 134 Å². The molecule has 29 nitrogen and oxygen atoms in total. The number of carbonyl (C=O) groups is 4. The van der Waals surface area contributed by atoms with Crippen LogP contribution in [0.4, 0.5) is 0 Å². The lowest BCUT2D eigenvalue weighted by molar-refractivity contribution is -0.127. The maximum absolute atomic E-state index is 13.4. The van der Waals surface area contributed by atoms with E-state index < -0.39 is 35.6 Å². The van der Waals surface area contributed by atoms with Crippen molar-refractivity contribution in [3.05, 3.63) is 189 Å². The van der Waals surface area contributed by atoms with Crippen LogP contribution in [-0.2, 0) is 112 Å². The van der Waals surface area contributed by atoms with Crippen LogP contribution >= 0.6 is 69.6 Å². The van der Waals surface area contributed by atoms with E-state index in [4.69, 9.17) is 112 Å². The first kappa shape index (κ1) is 101. The van der Waals surface area contributed by atoms with Gasteiger partial charge in [-0.15, -0.1) is 0 Å². The maximum atomic E-state index is 13.4. The third kappa shape index (κ3) is 33.0. The van der Waals surface area contributed by atoms with Crippen molar-refractivity contribution in [2.45, 2.75) is 109 Å². The van der Waals surface area contributed by atoms with E-state index >= 15 is 0 Å². The van der Waals surface area contributed by atoms with Gasteiger partial charge in [-0.1, -0.05) is 113 Å². The molecule has 0 spiro atoms. The highest BCUT2D eigenvalue weighted by Gasteiger charge is 2.36. The van der Waals surface area contributed by atoms with Gasteiger partial charge in [0.25, 0.3) is 0 Å². The van der Waals surface area contributed by atoms with E-state index in [0.29, 0.717) is 69.4 Å². The molecular formula is C85H114Cl6N10O19S3. The van der Waals surface area contributed by atoms with Crippen LogP contribution < -0.4 is 35.4 Å². The molecule has 123 heavy (non-hydrogen) atoms. The number of fused-ring (bicyclic) bond motifs is 3. The lowest BCUT2D eigenvalue weighted by atomic mass is 9.83. The Morgan fingerprint density at radius 2 is 0.610 bits per heavy atom. The van der Waals surface area contributed by atoms with E-state index in [-0.39, 0.29) is 259 Å². The summed E-state index contributed by atoms with van der Waals surface area (Å²) in [6.45, 7) is 9.61. The van der Waals surface area contributed by atoms with Crippen LogP contribution in [0.25, 0.3) is 0 Å². The normalized spacial score (nSPS) is 16.3. The fourth-order valence-corrected chi connectivity index (χ4v) is 19.7. The first-order valence-electron chi connectivity index (χ1n) is 41.1. The molecule has 0 aromatic heterocycles. The van der Waals surface area contributed by atoms with Crippen LogP contribution in [0, 0.1) is 0 Å². The van der Waals surface area contributed by atoms with E-state index in [1.54, 1.807) is 79.7 Å². The molecule has 0 fully saturated rings. The zero-order valence-corrected chi connectivity index (χ0v) is 76.9. The summed E-state index contributed by atoms with van der Waals surface area (Å²) < 4.78 is 139. The lowest BCUT2D eigenvalue weighted by Crippen LogP contribution is -2.50. The molecule has 6 aromatic carbocycles. The van der Waals surface area contributed by atoms with Gasteiger partial charge in [-0.3, -0.25) is 19.2 Å². The number of carbonyl (C=O) groups excluding carboxylic acids is 4. The SMILES string of the molecule is CCC(=O)NC(CCC(=O)NCCOCCOCCOCCNS(=O)(=O)c1cccc(C2CN(C)Cc3c(Cl)cc(Cl)cc32)c1)(CCC(=O)NCCOCCOCCOCCNS(=O)(=O)c1cccc(C2CN(C)Cc3c(Cl)cc(Cl)cc32)c1)CCC(=O)NCCOCCOCCOCCNS(=O)(=O)c1cccc(C2CN(C)Cc3c(Cl)cc(Cl)cc32)c1. The van der Waals surface area contributed by atoms with E-state index in [1.165, 1.54) is 0 Å². The molecule has 6 aromatic rings. The number of rotatable bonds is 56. The average molecular weight is 1890 g/mol. The van der Waals surface area contributed by atoms with Crippen LogP contribution in [0.1, 0.15) is 120 Å². The van der Waals surface area contributed by atoms with Gasteiger partial charge in [0.1, 0.15) is 0 Å². The van der Waals surface area contributed by atoms with E-state index in [9.17, 15) is 44.4 Å². The number of ether oxygens (including phenoxy) is 9. The van der Waals surface area contributed by atoms with Crippen molar-refractivity contribution in [1.82, 2.24) is 50.1 Å². The van der Waals surface area contributed by atoms with Gasteiger partial charge in [-0.05, 0) is 163 Å². The van der Waals surface area contributed by atoms with Crippen LogP contribution in [0.5, 0.6) is 0 Å². The van der Waals surface area contributed by atoms with E-state index in [2.05, 4.69) is 50.1 Å². The maximum Gasteiger partial charge on any atom is 0.240 e. The van der Waals surface area contributed by atoms with Gasteiger partial charge in [-0.2, -0.15) is 0 Å². The second-order valence-corrected chi connectivity index (χ2v) is 38.1. The summed E-state index contributed by atoms with van der Waals surface area (Å²) in [5.74, 6) is -1.76. The summed E-state index contributed by atoms with van der Waals surface area (Å²) in [5, 5.41) is 14.8. The molecule has 0 radical (unpaired) electrons. The highest BCUT2D eigenvalue weighted by Crippen LogP contribution is 2.43. The Bertz CT molecular complexity index is 4350. The summed E-state index contributed by atoms with van der Waals surface area (Å²) in [4.78, 5) is 60.3. The Kier molecular flexibility index (Phi) is 42.2. The second kappa shape index (κ2) is 51.4. The Balaban J connectivity index is 0.643. The predicted molar refractivity (Wildman–Crippen MR) is 474 cm³/mol. The first-order valence-corrected chi connectivity index (χ1v) is 47.8. The summed E-state index contributed by atoms with van der Waals surface area (Å²) >= 11 is 38.9. The van der Waals surface area contributed by atoms with Crippen molar-refractivity contribution in [2.75, 3.05) is 199 Å². The molecule has 3 aliphatic rings. The van der Waals surface area contributed by atoms with Crippen molar-refractivity contribution in [1.29, 1.82) is 0 Å². The highest BCUT2D eigenvalue weighted by molar-refractivity contribution is 7.90.